The molecule has 1 aliphatic heterocycles. The van der Waals surface area contributed by atoms with Crippen molar-refractivity contribution in [2.75, 3.05) is 26.2 Å². The molecule has 168 valence electrons. The van der Waals surface area contributed by atoms with Gasteiger partial charge in [-0.05, 0) is 54.0 Å². The number of rotatable bonds is 5. The lowest BCUT2D eigenvalue weighted by atomic mass is 10.1. The van der Waals surface area contributed by atoms with E-state index >= 15 is 0 Å². The number of benzene rings is 1. The van der Waals surface area contributed by atoms with Gasteiger partial charge in [-0.25, -0.2) is 13.2 Å². The van der Waals surface area contributed by atoms with E-state index in [4.69, 9.17) is 4.42 Å². The summed E-state index contributed by atoms with van der Waals surface area (Å²) in [6, 6.07) is 8.98. The molecule has 0 saturated carbocycles. The predicted molar refractivity (Wildman–Crippen MR) is 118 cm³/mol. The molecule has 0 bridgehead atoms. The highest BCUT2D eigenvalue weighted by atomic mass is 32.2. The average molecular weight is 475 g/mol. The number of amides is 1. The molecule has 2 aliphatic rings. The van der Waals surface area contributed by atoms with Crippen molar-refractivity contribution in [2.24, 2.45) is 0 Å². The monoisotopic (exact) mass is 474 g/mol. The van der Waals surface area contributed by atoms with Crippen molar-refractivity contribution >= 4 is 27.3 Å². The van der Waals surface area contributed by atoms with Crippen molar-refractivity contribution in [2.45, 2.75) is 30.7 Å². The number of hydrogen-bond donors (Lipinski definition) is 0. The molecule has 1 saturated heterocycles. The quantitative estimate of drug-likeness (QED) is 0.556. The summed E-state index contributed by atoms with van der Waals surface area (Å²) in [5.41, 5.74) is 2.34. The van der Waals surface area contributed by atoms with Crippen LogP contribution in [0.25, 0.3) is 10.8 Å². The predicted octanol–water partition coefficient (Wildman–Crippen LogP) is 1.59. The lowest BCUT2D eigenvalue weighted by molar-refractivity contribution is -0.133. The van der Waals surface area contributed by atoms with Crippen LogP contribution in [-0.4, -0.2) is 59.5 Å². The van der Waals surface area contributed by atoms with Crippen molar-refractivity contribution in [3.63, 3.8) is 0 Å². The highest BCUT2D eigenvalue weighted by Crippen LogP contribution is 2.27. The zero-order chi connectivity index (χ0) is 22.3. The number of carbonyl (C=O) groups is 1. The Morgan fingerprint density at radius 1 is 1.09 bits per heavy atom. The fourth-order valence-electron chi connectivity index (χ4n) is 4.17. The van der Waals surface area contributed by atoms with E-state index < -0.39 is 15.8 Å². The maximum atomic E-state index is 13.1. The molecule has 0 unspecified atom stereocenters. The van der Waals surface area contributed by atoms with E-state index in [1.807, 2.05) is 17.5 Å². The van der Waals surface area contributed by atoms with E-state index in [0.717, 1.165) is 29.5 Å². The first-order valence-electron chi connectivity index (χ1n) is 10.4. The van der Waals surface area contributed by atoms with Crippen LogP contribution in [0.4, 0.5) is 0 Å². The summed E-state index contributed by atoms with van der Waals surface area (Å²) >= 11 is 1.39. The Kier molecular flexibility index (Phi) is 5.48. The smallest absolute Gasteiger partial charge is 0.387 e. The topological polar surface area (TPSA) is 106 Å². The molecule has 2 aromatic heterocycles. The van der Waals surface area contributed by atoms with E-state index in [-0.39, 0.29) is 44.5 Å². The van der Waals surface area contributed by atoms with Crippen molar-refractivity contribution in [3.05, 3.63) is 57.4 Å². The Balaban J connectivity index is 1.23. The van der Waals surface area contributed by atoms with Crippen LogP contribution in [0.5, 0.6) is 0 Å². The normalized spacial score (nSPS) is 16.9. The maximum Gasteiger partial charge on any atom is 0.437 e. The molecule has 3 aromatic rings. The minimum atomic E-state index is -3.61. The van der Waals surface area contributed by atoms with Gasteiger partial charge in [-0.15, -0.1) is 16.4 Å². The number of sulfonamides is 1. The lowest BCUT2D eigenvalue weighted by Crippen LogP contribution is -2.51. The van der Waals surface area contributed by atoms with Gasteiger partial charge in [-0.1, -0.05) is 12.1 Å². The van der Waals surface area contributed by atoms with Crippen molar-refractivity contribution in [1.82, 2.24) is 19.0 Å². The summed E-state index contributed by atoms with van der Waals surface area (Å²) in [7, 11) is -3.61. The summed E-state index contributed by atoms with van der Waals surface area (Å²) in [5.74, 6) is -0.810. The molecule has 0 N–H and O–H groups in total. The third-order valence-electron chi connectivity index (χ3n) is 5.92. The second-order valence-corrected chi connectivity index (χ2v) is 10.8. The van der Waals surface area contributed by atoms with Gasteiger partial charge in [0.15, 0.2) is 0 Å². The molecule has 11 heteroatoms. The van der Waals surface area contributed by atoms with Gasteiger partial charge in [-0.3, -0.25) is 4.79 Å². The van der Waals surface area contributed by atoms with Crippen LogP contribution < -0.4 is 5.76 Å². The summed E-state index contributed by atoms with van der Waals surface area (Å²) in [4.78, 5) is 27.3. The zero-order valence-corrected chi connectivity index (χ0v) is 18.9. The summed E-state index contributed by atoms with van der Waals surface area (Å²) in [6.45, 7) is 0.685. The van der Waals surface area contributed by atoms with Crippen LogP contribution in [0.1, 0.15) is 17.5 Å². The largest absolute Gasteiger partial charge is 0.437 e. The maximum absolute atomic E-state index is 13.1. The van der Waals surface area contributed by atoms with Crippen molar-refractivity contribution < 1.29 is 17.6 Å². The van der Waals surface area contributed by atoms with Gasteiger partial charge in [0.2, 0.25) is 15.9 Å². The summed E-state index contributed by atoms with van der Waals surface area (Å²) in [5, 5.41) is 5.95. The Morgan fingerprint density at radius 2 is 1.88 bits per heavy atom. The van der Waals surface area contributed by atoms with Crippen LogP contribution >= 0.6 is 11.3 Å². The first kappa shape index (κ1) is 21.1. The number of hydrogen-bond acceptors (Lipinski definition) is 7. The number of aromatic nitrogens is 2. The second-order valence-electron chi connectivity index (χ2n) is 7.88. The molecule has 1 aromatic carbocycles. The minimum Gasteiger partial charge on any atom is -0.387 e. The highest BCUT2D eigenvalue weighted by Gasteiger charge is 2.31. The van der Waals surface area contributed by atoms with E-state index in [1.165, 1.54) is 21.2 Å². The van der Waals surface area contributed by atoms with E-state index in [1.54, 1.807) is 23.1 Å². The molecule has 5 rings (SSSR count). The van der Waals surface area contributed by atoms with Gasteiger partial charge in [0, 0.05) is 26.2 Å². The van der Waals surface area contributed by atoms with E-state index in [0.29, 0.717) is 9.77 Å². The Labute approximate surface area is 188 Å². The molecule has 1 amide bonds. The van der Waals surface area contributed by atoms with E-state index in [9.17, 15) is 18.0 Å². The van der Waals surface area contributed by atoms with Gasteiger partial charge in [-0.2, -0.15) is 8.99 Å². The fourth-order valence-corrected chi connectivity index (χ4v) is 6.29. The molecule has 0 atom stereocenters. The lowest BCUT2D eigenvalue weighted by Gasteiger charge is -2.34. The molecule has 1 fully saturated rings. The van der Waals surface area contributed by atoms with E-state index in [2.05, 4.69) is 5.10 Å². The third-order valence-corrected chi connectivity index (χ3v) is 8.67. The zero-order valence-electron chi connectivity index (χ0n) is 17.3. The average Bonchev–Trinajstić information content (AvgIpc) is 3.55. The van der Waals surface area contributed by atoms with Gasteiger partial charge in [0.05, 0.1) is 9.77 Å². The summed E-state index contributed by atoms with van der Waals surface area (Å²) in [6.07, 6.45) is 2.97. The first-order chi connectivity index (χ1) is 15.4. The number of aryl methyl sites for hydroxylation is 2. The second kappa shape index (κ2) is 8.30. The number of piperazine rings is 1. The molecule has 32 heavy (non-hydrogen) atoms. The van der Waals surface area contributed by atoms with Gasteiger partial charge < -0.3 is 9.32 Å². The van der Waals surface area contributed by atoms with Gasteiger partial charge in [0.1, 0.15) is 6.54 Å². The van der Waals surface area contributed by atoms with Crippen LogP contribution in [0, 0.1) is 0 Å². The fraction of sp³-hybridized carbons (Fsp3) is 0.381. The van der Waals surface area contributed by atoms with Crippen LogP contribution in [0.3, 0.4) is 0 Å². The van der Waals surface area contributed by atoms with Crippen LogP contribution in [0.15, 0.2) is 49.8 Å². The van der Waals surface area contributed by atoms with Crippen LogP contribution in [0.2, 0.25) is 0 Å². The standard InChI is InChI=1S/C21H22N4O5S2/c26-19(14-25-21(27)30-20(22-25)18-5-2-12-31-18)23-8-10-24(11-9-23)32(28,29)17-7-6-15-3-1-4-16(15)13-17/h2,5-7,12-13H,1,3-4,8-11,14H2. The highest BCUT2D eigenvalue weighted by molar-refractivity contribution is 7.89. The Hall–Kier alpha value is -2.76. The van der Waals surface area contributed by atoms with Gasteiger partial charge in [0.25, 0.3) is 5.89 Å². The molecule has 0 radical (unpaired) electrons. The molecular formula is C21H22N4O5S2. The van der Waals surface area contributed by atoms with Crippen molar-refractivity contribution in [3.8, 4) is 10.8 Å². The molecule has 3 heterocycles. The Morgan fingerprint density at radius 3 is 2.62 bits per heavy atom. The van der Waals surface area contributed by atoms with Crippen molar-refractivity contribution in [1.29, 1.82) is 0 Å². The number of thiophene rings is 1. The molecule has 0 spiro atoms. The third kappa shape index (κ3) is 3.91. The molecule has 1 aliphatic carbocycles. The molecular weight excluding hydrogens is 452 g/mol. The number of fused-ring (bicyclic) bond motifs is 1. The van der Waals surface area contributed by atoms with Crippen LogP contribution in [-0.2, 0) is 34.2 Å². The number of carbonyl (C=O) groups excluding carboxylic acids is 1. The molecule has 9 nitrogen and oxygen atoms in total. The van der Waals surface area contributed by atoms with Gasteiger partial charge >= 0.3 is 5.76 Å². The Bertz CT molecular complexity index is 1300. The SMILES string of the molecule is O=C(Cn1nc(-c2cccs2)oc1=O)N1CCN(S(=O)(=O)c2ccc3c(c2)CCC3)CC1. The summed E-state index contributed by atoms with van der Waals surface area (Å²) < 4.78 is 33.7. The number of nitrogens with zero attached hydrogens (tertiary/aromatic N) is 4. The minimum absolute atomic E-state index is 0.183. The first-order valence-corrected chi connectivity index (χ1v) is 12.8.